The normalized spacial score (nSPS) is 31.5. The van der Waals surface area contributed by atoms with Crippen LogP contribution in [0.3, 0.4) is 0 Å². The first-order valence-corrected chi connectivity index (χ1v) is 4.44. The summed E-state index contributed by atoms with van der Waals surface area (Å²) in [6, 6.07) is 0. The molecule has 1 unspecified atom stereocenters. The van der Waals surface area contributed by atoms with Crippen molar-refractivity contribution in [1.29, 1.82) is 0 Å². The molecule has 1 aliphatic heterocycles. The zero-order chi connectivity index (χ0) is 9.47. The summed E-state index contributed by atoms with van der Waals surface area (Å²) >= 11 is 0. The molecule has 0 aromatic heterocycles. The summed E-state index contributed by atoms with van der Waals surface area (Å²) in [6.45, 7) is 1.09. The van der Waals surface area contributed by atoms with E-state index >= 15 is 0 Å². The van der Waals surface area contributed by atoms with Crippen LogP contribution < -0.4 is 0 Å². The predicted octanol–water partition coefficient (Wildman–Crippen LogP) is -0.110. The maximum atomic E-state index is 10.6. The van der Waals surface area contributed by atoms with Gasteiger partial charge in [0.2, 0.25) is 0 Å². The molecule has 2 N–H and O–H groups in total. The van der Waals surface area contributed by atoms with Crippen LogP contribution in [0, 0.1) is 0 Å². The van der Waals surface area contributed by atoms with Gasteiger partial charge in [-0.15, -0.1) is 0 Å². The number of carbonyl (C=O) groups is 1. The van der Waals surface area contributed by atoms with E-state index < -0.39 is 11.7 Å². The largest absolute Gasteiger partial charge is 0.465 e. The molecule has 1 saturated carbocycles. The van der Waals surface area contributed by atoms with Crippen LogP contribution in [0.2, 0.25) is 0 Å². The standard InChI is InChI=1S/C8H13NO4/c10-7(11)9-3-4-13-6(5-9)8(12)1-2-8/h6,12H,1-5H2,(H,10,11). The van der Waals surface area contributed by atoms with E-state index in [1.807, 2.05) is 0 Å². The lowest BCUT2D eigenvalue weighted by Gasteiger charge is -2.33. The lowest BCUT2D eigenvalue weighted by atomic mass is 10.1. The number of amides is 1. The van der Waals surface area contributed by atoms with Gasteiger partial charge in [0.1, 0.15) is 6.10 Å². The second-order valence-electron chi connectivity index (χ2n) is 3.69. The van der Waals surface area contributed by atoms with Crippen LogP contribution in [0.25, 0.3) is 0 Å². The number of ether oxygens (including phenoxy) is 1. The van der Waals surface area contributed by atoms with Gasteiger partial charge in [0.15, 0.2) is 0 Å². The minimum absolute atomic E-state index is 0.297. The van der Waals surface area contributed by atoms with Gasteiger partial charge in [0, 0.05) is 6.54 Å². The summed E-state index contributed by atoms with van der Waals surface area (Å²) < 4.78 is 5.33. The predicted molar refractivity (Wildman–Crippen MR) is 43.5 cm³/mol. The van der Waals surface area contributed by atoms with Crippen molar-refractivity contribution < 1.29 is 19.7 Å². The van der Waals surface area contributed by atoms with E-state index in [-0.39, 0.29) is 6.10 Å². The Labute approximate surface area is 75.9 Å². The molecule has 1 aliphatic carbocycles. The van der Waals surface area contributed by atoms with Crippen molar-refractivity contribution in [1.82, 2.24) is 4.90 Å². The number of rotatable bonds is 1. The van der Waals surface area contributed by atoms with Crippen LogP contribution in [0.4, 0.5) is 4.79 Å². The molecule has 5 heteroatoms. The second kappa shape index (κ2) is 2.85. The molecule has 0 aromatic carbocycles. The molecule has 5 nitrogen and oxygen atoms in total. The Balaban J connectivity index is 1.96. The first-order chi connectivity index (χ1) is 6.12. The molecule has 0 aromatic rings. The van der Waals surface area contributed by atoms with Crippen molar-refractivity contribution in [2.24, 2.45) is 0 Å². The van der Waals surface area contributed by atoms with Crippen molar-refractivity contribution in [2.45, 2.75) is 24.5 Å². The van der Waals surface area contributed by atoms with E-state index in [2.05, 4.69) is 0 Å². The average molecular weight is 187 g/mol. The van der Waals surface area contributed by atoms with Crippen LogP contribution in [-0.4, -0.2) is 52.6 Å². The fraction of sp³-hybridized carbons (Fsp3) is 0.875. The van der Waals surface area contributed by atoms with Crippen LogP contribution in [0.1, 0.15) is 12.8 Å². The maximum Gasteiger partial charge on any atom is 0.407 e. The summed E-state index contributed by atoms with van der Waals surface area (Å²) in [5.74, 6) is 0. The van der Waals surface area contributed by atoms with Gasteiger partial charge >= 0.3 is 6.09 Å². The summed E-state index contributed by atoms with van der Waals surface area (Å²) in [6.07, 6.45) is 0.200. The molecular weight excluding hydrogens is 174 g/mol. The molecule has 0 spiro atoms. The highest BCUT2D eigenvalue weighted by atomic mass is 16.5. The first-order valence-electron chi connectivity index (χ1n) is 4.44. The molecule has 1 atom stereocenters. The summed E-state index contributed by atoms with van der Waals surface area (Å²) in [5.41, 5.74) is -0.742. The van der Waals surface area contributed by atoms with E-state index in [9.17, 15) is 9.90 Å². The number of morpholine rings is 1. The van der Waals surface area contributed by atoms with Crippen LogP contribution >= 0.6 is 0 Å². The Hall–Kier alpha value is -0.810. The van der Waals surface area contributed by atoms with Gasteiger partial charge in [-0.2, -0.15) is 0 Å². The molecule has 2 aliphatic rings. The summed E-state index contributed by atoms with van der Waals surface area (Å²) in [4.78, 5) is 11.9. The molecule has 1 amide bonds. The molecule has 1 saturated heterocycles. The summed E-state index contributed by atoms with van der Waals surface area (Å²) in [5, 5.41) is 18.4. The number of nitrogens with zero attached hydrogens (tertiary/aromatic N) is 1. The fourth-order valence-electron chi connectivity index (χ4n) is 1.60. The smallest absolute Gasteiger partial charge is 0.407 e. The van der Waals surface area contributed by atoms with E-state index in [1.165, 1.54) is 4.90 Å². The zero-order valence-electron chi connectivity index (χ0n) is 7.27. The molecule has 74 valence electrons. The molecule has 1 heterocycles. The maximum absolute atomic E-state index is 10.6. The van der Waals surface area contributed by atoms with Crippen molar-refractivity contribution in [3.05, 3.63) is 0 Å². The third-order valence-corrected chi connectivity index (χ3v) is 2.70. The van der Waals surface area contributed by atoms with Crippen molar-refractivity contribution in [3.8, 4) is 0 Å². The molecule has 2 fully saturated rings. The van der Waals surface area contributed by atoms with Crippen molar-refractivity contribution >= 4 is 6.09 Å². The van der Waals surface area contributed by atoms with Crippen molar-refractivity contribution in [3.63, 3.8) is 0 Å². The average Bonchev–Trinajstić information content (AvgIpc) is 2.85. The molecular formula is C8H13NO4. The van der Waals surface area contributed by atoms with Crippen LogP contribution in [0.5, 0.6) is 0 Å². The van der Waals surface area contributed by atoms with E-state index in [1.54, 1.807) is 0 Å². The topological polar surface area (TPSA) is 70.0 Å². The zero-order valence-corrected chi connectivity index (χ0v) is 7.27. The fourth-order valence-corrected chi connectivity index (χ4v) is 1.60. The Bertz CT molecular complexity index is 226. The van der Waals surface area contributed by atoms with E-state index in [0.29, 0.717) is 19.7 Å². The highest BCUT2D eigenvalue weighted by molar-refractivity contribution is 5.65. The monoisotopic (exact) mass is 187 g/mol. The molecule has 2 rings (SSSR count). The van der Waals surface area contributed by atoms with E-state index in [0.717, 1.165) is 12.8 Å². The molecule has 0 radical (unpaired) electrons. The van der Waals surface area contributed by atoms with E-state index in [4.69, 9.17) is 9.84 Å². The highest BCUT2D eigenvalue weighted by Gasteiger charge is 2.50. The molecule has 13 heavy (non-hydrogen) atoms. The van der Waals surface area contributed by atoms with Gasteiger partial charge in [-0.25, -0.2) is 4.79 Å². The van der Waals surface area contributed by atoms with Gasteiger partial charge in [0.25, 0.3) is 0 Å². The first kappa shape index (κ1) is 8.77. The van der Waals surface area contributed by atoms with Crippen LogP contribution in [0.15, 0.2) is 0 Å². The highest BCUT2D eigenvalue weighted by Crippen LogP contribution is 2.40. The van der Waals surface area contributed by atoms with Gasteiger partial charge in [0.05, 0.1) is 18.8 Å². The Morgan fingerprint density at radius 2 is 2.23 bits per heavy atom. The summed E-state index contributed by atoms with van der Waals surface area (Å²) in [7, 11) is 0. The van der Waals surface area contributed by atoms with Gasteiger partial charge < -0.3 is 19.8 Å². The Kier molecular flexibility index (Phi) is 1.92. The lowest BCUT2D eigenvalue weighted by Crippen LogP contribution is -2.50. The minimum Gasteiger partial charge on any atom is -0.465 e. The van der Waals surface area contributed by atoms with Gasteiger partial charge in [-0.05, 0) is 12.8 Å². The van der Waals surface area contributed by atoms with Gasteiger partial charge in [-0.1, -0.05) is 0 Å². The second-order valence-corrected chi connectivity index (χ2v) is 3.69. The number of carboxylic acid groups (broad SMARTS) is 1. The molecule has 0 bridgehead atoms. The minimum atomic E-state index is -0.933. The van der Waals surface area contributed by atoms with Gasteiger partial charge in [-0.3, -0.25) is 0 Å². The quantitative estimate of drug-likeness (QED) is 0.601. The number of hydrogen-bond donors (Lipinski definition) is 2. The Morgan fingerprint density at radius 1 is 1.54 bits per heavy atom. The van der Waals surface area contributed by atoms with Crippen molar-refractivity contribution in [2.75, 3.05) is 19.7 Å². The third kappa shape index (κ3) is 1.62. The van der Waals surface area contributed by atoms with Crippen LogP contribution in [-0.2, 0) is 4.74 Å². The number of aliphatic hydroxyl groups is 1. The Morgan fingerprint density at radius 3 is 2.77 bits per heavy atom. The SMILES string of the molecule is O=C(O)N1CCOC(C2(O)CC2)C1. The lowest BCUT2D eigenvalue weighted by molar-refractivity contribution is -0.0937. The number of hydrogen-bond acceptors (Lipinski definition) is 3. The third-order valence-electron chi connectivity index (χ3n) is 2.70.